The van der Waals surface area contributed by atoms with E-state index in [2.05, 4.69) is 0 Å². The highest BCUT2D eigenvalue weighted by molar-refractivity contribution is 5.88. The topological polar surface area (TPSA) is 68.2 Å². The van der Waals surface area contributed by atoms with E-state index >= 15 is 0 Å². The van der Waals surface area contributed by atoms with E-state index in [0.29, 0.717) is 5.69 Å². The van der Waals surface area contributed by atoms with Crippen molar-refractivity contribution in [2.75, 3.05) is 5.73 Å². The minimum absolute atomic E-state index is 0.268. The summed E-state index contributed by atoms with van der Waals surface area (Å²) < 4.78 is 1.98. The van der Waals surface area contributed by atoms with Gasteiger partial charge in [0.05, 0.1) is 11.3 Å². The summed E-state index contributed by atoms with van der Waals surface area (Å²) in [6.45, 7) is 2.00. The van der Waals surface area contributed by atoms with Gasteiger partial charge in [0.15, 0.2) is 0 Å². The Morgan fingerprint density at radius 3 is 2.27 bits per heavy atom. The van der Waals surface area contributed by atoms with Gasteiger partial charge in [-0.15, -0.1) is 0 Å². The summed E-state index contributed by atoms with van der Waals surface area (Å²) in [6, 6.07) is 16.7. The van der Waals surface area contributed by atoms with Gasteiger partial charge < -0.3 is 15.4 Å². The lowest BCUT2D eigenvalue weighted by molar-refractivity contribution is 0.0697. The van der Waals surface area contributed by atoms with Crippen molar-refractivity contribution in [1.82, 2.24) is 4.57 Å². The summed E-state index contributed by atoms with van der Waals surface area (Å²) in [7, 11) is 0. The van der Waals surface area contributed by atoms with Crippen LogP contribution in [0.15, 0.2) is 60.8 Å². The second-order valence-corrected chi connectivity index (χ2v) is 5.13. The Balaban J connectivity index is 2.08. The van der Waals surface area contributed by atoms with Gasteiger partial charge in [-0.1, -0.05) is 30.3 Å². The summed E-state index contributed by atoms with van der Waals surface area (Å²) >= 11 is 0. The first kappa shape index (κ1) is 13.9. The van der Waals surface area contributed by atoms with Crippen molar-refractivity contribution in [2.24, 2.45) is 0 Å². The minimum Gasteiger partial charge on any atom is -0.478 e. The molecule has 0 aliphatic heterocycles. The molecule has 2 aromatic carbocycles. The van der Waals surface area contributed by atoms with Gasteiger partial charge in [-0.2, -0.15) is 0 Å². The van der Waals surface area contributed by atoms with Gasteiger partial charge in [-0.3, -0.25) is 0 Å². The molecule has 110 valence electrons. The summed E-state index contributed by atoms with van der Waals surface area (Å²) in [5, 5.41) is 8.97. The Labute approximate surface area is 128 Å². The van der Waals surface area contributed by atoms with Crippen molar-refractivity contribution in [3.63, 3.8) is 0 Å². The molecule has 0 amide bonds. The summed E-state index contributed by atoms with van der Waals surface area (Å²) in [4.78, 5) is 10.9. The number of hydrogen-bond acceptors (Lipinski definition) is 2. The van der Waals surface area contributed by atoms with E-state index in [4.69, 9.17) is 10.8 Å². The molecule has 0 fully saturated rings. The molecule has 0 saturated carbocycles. The lowest BCUT2D eigenvalue weighted by Crippen LogP contribution is -1.99. The van der Waals surface area contributed by atoms with Crippen LogP contribution in [-0.4, -0.2) is 15.6 Å². The summed E-state index contributed by atoms with van der Waals surface area (Å²) in [6.07, 6.45) is 1.87. The minimum atomic E-state index is -0.930. The van der Waals surface area contributed by atoms with E-state index in [1.165, 1.54) is 0 Å². The van der Waals surface area contributed by atoms with Crippen LogP contribution in [0.3, 0.4) is 0 Å². The number of aromatic carboxylic acids is 1. The predicted molar refractivity (Wildman–Crippen MR) is 87.3 cm³/mol. The van der Waals surface area contributed by atoms with Gasteiger partial charge in [0.2, 0.25) is 0 Å². The van der Waals surface area contributed by atoms with Crippen LogP contribution in [0.25, 0.3) is 16.8 Å². The van der Waals surface area contributed by atoms with E-state index in [-0.39, 0.29) is 5.56 Å². The molecular formula is C18H16N2O2. The molecule has 0 atom stereocenters. The Morgan fingerprint density at radius 2 is 1.68 bits per heavy atom. The van der Waals surface area contributed by atoms with Gasteiger partial charge in [-0.25, -0.2) is 4.79 Å². The lowest BCUT2D eigenvalue weighted by atomic mass is 10.1. The second kappa shape index (κ2) is 5.41. The van der Waals surface area contributed by atoms with E-state index in [0.717, 1.165) is 22.5 Å². The predicted octanol–water partition coefficient (Wildman–Crippen LogP) is 3.73. The first-order valence-corrected chi connectivity index (χ1v) is 6.94. The number of nitrogens with zero attached hydrogens (tertiary/aromatic N) is 1. The monoisotopic (exact) mass is 292 g/mol. The molecule has 4 heteroatoms. The van der Waals surface area contributed by atoms with E-state index in [9.17, 15) is 4.79 Å². The largest absolute Gasteiger partial charge is 0.478 e. The summed E-state index contributed by atoms with van der Waals surface area (Å²) in [5.74, 6) is -0.930. The number of nitrogen functional groups attached to an aromatic ring is 1. The molecule has 0 aliphatic carbocycles. The number of anilines is 1. The highest BCUT2D eigenvalue weighted by atomic mass is 16.4. The van der Waals surface area contributed by atoms with Gasteiger partial charge >= 0.3 is 5.97 Å². The molecule has 1 heterocycles. The number of carboxylic acids is 1. The van der Waals surface area contributed by atoms with Crippen LogP contribution in [0.1, 0.15) is 16.1 Å². The van der Waals surface area contributed by atoms with E-state index in [1.54, 1.807) is 24.3 Å². The Bertz CT molecular complexity index is 818. The number of carboxylic acid groups (broad SMARTS) is 1. The number of nitrogens with two attached hydrogens (primary N) is 1. The fraction of sp³-hybridized carbons (Fsp3) is 0.0556. The molecular weight excluding hydrogens is 276 g/mol. The molecule has 3 aromatic rings. The van der Waals surface area contributed by atoms with E-state index < -0.39 is 5.97 Å². The quantitative estimate of drug-likeness (QED) is 0.772. The maximum Gasteiger partial charge on any atom is 0.335 e. The van der Waals surface area contributed by atoms with Crippen LogP contribution in [0.5, 0.6) is 0 Å². The molecule has 4 nitrogen and oxygen atoms in total. The zero-order chi connectivity index (χ0) is 15.7. The maximum atomic E-state index is 10.9. The van der Waals surface area contributed by atoms with Crippen LogP contribution in [0.4, 0.5) is 5.69 Å². The fourth-order valence-corrected chi connectivity index (χ4v) is 2.64. The van der Waals surface area contributed by atoms with Crippen molar-refractivity contribution in [1.29, 1.82) is 0 Å². The Morgan fingerprint density at radius 1 is 1.05 bits per heavy atom. The molecule has 0 saturated heterocycles. The maximum absolute atomic E-state index is 10.9. The molecule has 22 heavy (non-hydrogen) atoms. The third-order valence-electron chi connectivity index (χ3n) is 3.73. The van der Waals surface area contributed by atoms with Crippen LogP contribution in [0, 0.1) is 6.92 Å². The molecule has 0 bridgehead atoms. The SMILES string of the molecule is Cc1c(-c2ccccc2)c(N)cn1-c1ccc(C(=O)O)cc1. The number of rotatable bonds is 3. The average molecular weight is 292 g/mol. The Hall–Kier alpha value is -3.01. The summed E-state index contributed by atoms with van der Waals surface area (Å²) in [5.41, 5.74) is 11.1. The van der Waals surface area contributed by atoms with Gasteiger partial charge in [-0.05, 0) is 36.8 Å². The molecule has 0 unspecified atom stereocenters. The Kier molecular flexibility index (Phi) is 3.43. The van der Waals surface area contributed by atoms with Crippen molar-refractivity contribution >= 4 is 11.7 Å². The van der Waals surface area contributed by atoms with Crippen molar-refractivity contribution in [2.45, 2.75) is 6.92 Å². The molecule has 3 N–H and O–H groups in total. The average Bonchev–Trinajstić information content (AvgIpc) is 2.83. The van der Waals surface area contributed by atoms with Crippen LogP contribution >= 0.6 is 0 Å². The normalized spacial score (nSPS) is 10.6. The molecule has 3 rings (SSSR count). The van der Waals surface area contributed by atoms with Crippen molar-refractivity contribution < 1.29 is 9.90 Å². The smallest absolute Gasteiger partial charge is 0.335 e. The molecule has 0 radical (unpaired) electrons. The zero-order valence-electron chi connectivity index (χ0n) is 12.2. The third kappa shape index (κ3) is 2.35. The lowest BCUT2D eigenvalue weighted by Gasteiger charge is -2.08. The molecule has 1 aromatic heterocycles. The van der Waals surface area contributed by atoms with Crippen molar-refractivity contribution in [3.05, 3.63) is 72.1 Å². The van der Waals surface area contributed by atoms with Crippen LogP contribution in [-0.2, 0) is 0 Å². The van der Waals surface area contributed by atoms with Gasteiger partial charge in [0.1, 0.15) is 0 Å². The first-order valence-electron chi connectivity index (χ1n) is 6.94. The molecule has 0 aliphatic rings. The van der Waals surface area contributed by atoms with Gasteiger partial charge in [0.25, 0.3) is 0 Å². The zero-order valence-corrected chi connectivity index (χ0v) is 12.2. The van der Waals surface area contributed by atoms with Crippen LogP contribution in [0.2, 0.25) is 0 Å². The third-order valence-corrected chi connectivity index (χ3v) is 3.73. The second-order valence-electron chi connectivity index (χ2n) is 5.13. The fourth-order valence-electron chi connectivity index (χ4n) is 2.64. The number of carbonyl (C=O) groups is 1. The number of benzene rings is 2. The number of hydrogen-bond donors (Lipinski definition) is 2. The standard InChI is InChI=1S/C18H16N2O2/c1-12-17(13-5-3-2-4-6-13)16(19)11-20(12)15-9-7-14(8-10-15)18(21)22/h2-11H,19H2,1H3,(H,21,22). The molecule has 0 spiro atoms. The van der Waals surface area contributed by atoms with Crippen molar-refractivity contribution in [3.8, 4) is 16.8 Å². The highest BCUT2D eigenvalue weighted by Gasteiger charge is 2.13. The van der Waals surface area contributed by atoms with E-state index in [1.807, 2.05) is 48.0 Å². The number of aromatic nitrogens is 1. The first-order chi connectivity index (χ1) is 10.6. The van der Waals surface area contributed by atoms with Gasteiger partial charge in [0, 0.05) is 23.1 Å². The highest BCUT2D eigenvalue weighted by Crippen LogP contribution is 2.32. The van der Waals surface area contributed by atoms with Crippen LogP contribution < -0.4 is 5.73 Å².